The lowest BCUT2D eigenvalue weighted by molar-refractivity contribution is 0.320. The smallest absolute Gasteiger partial charge is 0.123 e. The maximum Gasteiger partial charge on any atom is 0.123 e. The molecule has 1 saturated carbocycles. The zero-order valence-corrected chi connectivity index (χ0v) is 10.2. The third kappa shape index (κ3) is 3.43. The molecule has 0 aliphatic heterocycles. The molecule has 1 unspecified atom stereocenters. The second kappa shape index (κ2) is 6.01. The summed E-state index contributed by atoms with van der Waals surface area (Å²) in [6.07, 6.45) is 6.50. The van der Waals surface area contributed by atoms with Gasteiger partial charge in [0.15, 0.2) is 0 Å². The molecule has 1 aromatic carbocycles. The maximum absolute atomic E-state index is 12.8. The van der Waals surface area contributed by atoms with E-state index in [1.54, 1.807) is 12.1 Å². The molecule has 1 aliphatic carbocycles. The Labute approximate surface area is 102 Å². The molecule has 0 aromatic heterocycles. The molecule has 3 N–H and O–H groups in total. The lowest BCUT2D eigenvalue weighted by Gasteiger charge is -2.30. The molecule has 94 valence electrons. The summed E-state index contributed by atoms with van der Waals surface area (Å²) in [4.78, 5) is 0. The molecule has 0 amide bonds. The van der Waals surface area contributed by atoms with Crippen molar-refractivity contribution in [3.05, 3.63) is 30.1 Å². The molecular weight excluding hydrogens is 215 g/mol. The highest BCUT2D eigenvalue weighted by Crippen LogP contribution is 2.27. The van der Waals surface area contributed by atoms with Crippen LogP contribution in [0, 0.1) is 11.7 Å². The van der Waals surface area contributed by atoms with Gasteiger partial charge in [0, 0.05) is 18.3 Å². The largest absolute Gasteiger partial charge is 0.381 e. The van der Waals surface area contributed by atoms with Crippen molar-refractivity contribution < 1.29 is 4.39 Å². The number of hydrogen-bond donors (Lipinski definition) is 2. The van der Waals surface area contributed by atoms with E-state index in [0.29, 0.717) is 18.5 Å². The number of nitrogens with two attached hydrogens (primary N) is 1. The SMILES string of the molecule is NCC(Nc1ccc(F)cc1)C1CCCCC1. The van der Waals surface area contributed by atoms with Gasteiger partial charge < -0.3 is 11.1 Å². The van der Waals surface area contributed by atoms with Crippen LogP contribution >= 0.6 is 0 Å². The van der Waals surface area contributed by atoms with Crippen molar-refractivity contribution in [2.24, 2.45) is 11.7 Å². The molecule has 17 heavy (non-hydrogen) atoms. The zero-order chi connectivity index (χ0) is 12.1. The molecule has 2 nitrogen and oxygen atoms in total. The predicted molar refractivity (Wildman–Crippen MR) is 69.4 cm³/mol. The molecule has 1 aromatic rings. The number of halogens is 1. The van der Waals surface area contributed by atoms with Crippen LogP contribution in [0.5, 0.6) is 0 Å². The van der Waals surface area contributed by atoms with E-state index < -0.39 is 0 Å². The van der Waals surface area contributed by atoms with Crippen LogP contribution in [0.3, 0.4) is 0 Å². The Morgan fingerprint density at radius 2 is 1.82 bits per heavy atom. The van der Waals surface area contributed by atoms with E-state index in [4.69, 9.17) is 5.73 Å². The number of anilines is 1. The van der Waals surface area contributed by atoms with Gasteiger partial charge in [0.1, 0.15) is 5.82 Å². The molecule has 1 fully saturated rings. The van der Waals surface area contributed by atoms with Crippen molar-refractivity contribution in [3.63, 3.8) is 0 Å². The Hall–Kier alpha value is -1.09. The third-order valence-electron chi connectivity index (χ3n) is 3.67. The molecule has 0 saturated heterocycles. The number of nitrogens with one attached hydrogen (secondary N) is 1. The molecule has 1 aliphatic rings. The van der Waals surface area contributed by atoms with Gasteiger partial charge in [0.05, 0.1) is 0 Å². The fourth-order valence-corrected chi connectivity index (χ4v) is 2.67. The fourth-order valence-electron chi connectivity index (χ4n) is 2.67. The molecule has 0 bridgehead atoms. The van der Waals surface area contributed by atoms with Crippen LogP contribution < -0.4 is 11.1 Å². The summed E-state index contributed by atoms with van der Waals surface area (Å²) in [5, 5.41) is 3.43. The minimum absolute atomic E-state index is 0.197. The second-order valence-corrected chi connectivity index (χ2v) is 4.89. The van der Waals surface area contributed by atoms with Crippen LogP contribution in [0.2, 0.25) is 0 Å². The van der Waals surface area contributed by atoms with Crippen molar-refractivity contribution in [2.75, 3.05) is 11.9 Å². The predicted octanol–water partition coefficient (Wildman–Crippen LogP) is 3.15. The van der Waals surface area contributed by atoms with E-state index in [1.165, 1.54) is 44.2 Å². The van der Waals surface area contributed by atoms with Gasteiger partial charge in [0.2, 0.25) is 0 Å². The first kappa shape index (κ1) is 12.4. The van der Waals surface area contributed by atoms with Gasteiger partial charge in [-0.25, -0.2) is 4.39 Å². The summed E-state index contributed by atoms with van der Waals surface area (Å²) in [5.74, 6) is 0.469. The summed E-state index contributed by atoms with van der Waals surface area (Å²) in [7, 11) is 0. The van der Waals surface area contributed by atoms with E-state index in [2.05, 4.69) is 5.32 Å². The van der Waals surface area contributed by atoms with Gasteiger partial charge in [-0.05, 0) is 43.0 Å². The first-order chi connectivity index (χ1) is 8.29. The molecule has 3 heteroatoms. The maximum atomic E-state index is 12.8. The Bertz CT molecular complexity index is 331. The monoisotopic (exact) mass is 236 g/mol. The van der Waals surface area contributed by atoms with Gasteiger partial charge >= 0.3 is 0 Å². The lowest BCUT2D eigenvalue weighted by atomic mass is 9.84. The van der Waals surface area contributed by atoms with Gasteiger partial charge in [-0.15, -0.1) is 0 Å². The quantitative estimate of drug-likeness (QED) is 0.842. The second-order valence-electron chi connectivity index (χ2n) is 4.89. The zero-order valence-electron chi connectivity index (χ0n) is 10.2. The van der Waals surface area contributed by atoms with Crippen LogP contribution in [0.25, 0.3) is 0 Å². The van der Waals surface area contributed by atoms with Gasteiger partial charge in [0.25, 0.3) is 0 Å². The van der Waals surface area contributed by atoms with Gasteiger partial charge in [-0.1, -0.05) is 19.3 Å². The van der Waals surface area contributed by atoms with Crippen molar-refractivity contribution in [2.45, 2.75) is 38.1 Å². The van der Waals surface area contributed by atoms with E-state index >= 15 is 0 Å². The van der Waals surface area contributed by atoms with E-state index in [0.717, 1.165) is 5.69 Å². The van der Waals surface area contributed by atoms with Crippen LogP contribution in [-0.2, 0) is 0 Å². The van der Waals surface area contributed by atoms with Crippen molar-refractivity contribution in [1.82, 2.24) is 0 Å². The highest BCUT2D eigenvalue weighted by Gasteiger charge is 2.22. The summed E-state index contributed by atoms with van der Waals surface area (Å²) < 4.78 is 12.8. The molecule has 2 rings (SSSR count). The standard InChI is InChI=1S/C14H21FN2/c15-12-6-8-13(9-7-12)17-14(10-16)11-4-2-1-3-5-11/h6-9,11,14,17H,1-5,10,16H2. The number of benzene rings is 1. The summed E-state index contributed by atoms with van der Waals surface area (Å²) in [6.45, 7) is 0.641. The van der Waals surface area contributed by atoms with Crippen LogP contribution in [0.15, 0.2) is 24.3 Å². The average molecular weight is 236 g/mol. The van der Waals surface area contributed by atoms with Crippen LogP contribution in [0.4, 0.5) is 10.1 Å². The number of rotatable bonds is 4. The Morgan fingerprint density at radius 1 is 1.18 bits per heavy atom. The van der Waals surface area contributed by atoms with E-state index in [-0.39, 0.29) is 5.82 Å². The fraction of sp³-hybridized carbons (Fsp3) is 0.571. The minimum Gasteiger partial charge on any atom is -0.381 e. The average Bonchev–Trinajstić information content (AvgIpc) is 2.39. The summed E-state index contributed by atoms with van der Waals surface area (Å²) >= 11 is 0. The molecule has 1 atom stereocenters. The Morgan fingerprint density at radius 3 is 2.41 bits per heavy atom. The summed E-state index contributed by atoms with van der Waals surface area (Å²) in [6, 6.07) is 6.84. The first-order valence-corrected chi connectivity index (χ1v) is 6.52. The highest BCUT2D eigenvalue weighted by atomic mass is 19.1. The molecule has 0 radical (unpaired) electrons. The van der Waals surface area contributed by atoms with Gasteiger partial charge in [-0.2, -0.15) is 0 Å². The Balaban J connectivity index is 1.96. The number of hydrogen-bond acceptors (Lipinski definition) is 2. The normalized spacial score (nSPS) is 18.9. The topological polar surface area (TPSA) is 38.0 Å². The molecular formula is C14H21FN2. The summed E-state index contributed by atoms with van der Waals surface area (Å²) in [5.41, 5.74) is 6.81. The highest BCUT2D eigenvalue weighted by molar-refractivity contribution is 5.44. The lowest BCUT2D eigenvalue weighted by Crippen LogP contribution is -2.37. The third-order valence-corrected chi connectivity index (χ3v) is 3.67. The van der Waals surface area contributed by atoms with Crippen LogP contribution in [-0.4, -0.2) is 12.6 Å². The van der Waals surface area contributed by atoms with Crippen molar-refractivity contribution in [1.29, 1.82) is 0 Å². The molecule has 0 heterocycles. The van der Waals surface area contributed by atoms with E-state index in [1.807, 2.05) is 0 Å². The molecule has 0 spiro atoms. The van der Waals surface area contributed by atoms with Gasteiger partial charge in [-0.3, -0.25) is 0 Å². The van der Waals surface area contributed by atoms with Crippen molar-refractivity contribution >= 4 is 5.69 Å². The Kier molecular flexibility index (Phi) is 4.37. The van der Waals surface area contributed by atoms with E-state index in [9.17, 15) is 4.39 Å². The van der Waals surface area contributed by atoms with Crippen LogP contribution in [0.1, 0.15) is 32.1 Å². The minimum atomic E-state index is -0.197. The van der Waals surface area contributed by atoms with Crippen molar-refractivity contribution in [3.8, 4) is 0 Å². The first-order valence-electron chi connectivity index (χ1n) is 6.52.